The number of nitrogens with two attached hydrogens (primary N) is 3. The molecule has 0 fully saturated rings. The molecule has 0 bridgehead atoms. The standard InChI is InChI=1S/C9H18N6S3/c10-1-4-16-7-13-8(17-5-2-11)15-9(14-7)18-6-3-12/h1-6,10-12H2. The van der Waals surface area contributed by atoms with E-state index in [0.29, 0.717) is 19.6 Å². The Morgan fingerprint density at radius 3 is 1.11 bits per heavy atom. The molecule has 1 aromatic heterocycles. The molecule has 0 aromatic carbocycles. The smallest absolute Gasteiger partial charge is 0.192 e. The maximum Gasteiger partial charge on any atom is 0.192 e. The van der Waals surface area contributed by atoms with Gasteiger partial charge in [-0.2, -0.15) is 15.0 Å². The fourth-order valence-corrected chi connectivity index (χ4v) is 2.95. The predicted molar refractivity (Wildman–Crippen MR) is 79.2 cm³/mol. The van der Waals surface area contributed by atoms with Crippen molar-refractivity contribution in [3.8, 4) is 0 Å². The summed E-state index contributed by atoms with van der Waals surface area (Å²) >= 11 is 4.62. The van der Waals surface area contributed by atoms with Crippen LogP contribution in [0.2, 0.25) is 0 Å². The quantitative estimate of drug-likeness (QED) is 0.543. The minimum absolute atomic E-state index is 0.604. The Morgan fingerprint density at radius 1 is 0.611 bits per heavy atom. The molecule has 0 spiro atoms. The minimum atomic E-state index is 0.604. The zero-order chi connectivity index (χ0) is 13.2. The van der Waals surface area contributed by atoms with Crippen LogP contribution in [0.15, 0.2) is 15.5 Å². The van der Waals surface area contributed by atoms with Gasteiger partial charge in [0.25, 0.3) is 0 Å². The van der Waals surface area contributed by atoms with E-state index in [-0.39, 0.29) is 0 Å². The Hall–Kier alpha value is -0.0600. The summed E-state index contributed by atoms with van der Waals surface area (Å²) in [6.45, 7) is 1.81. The van der Waals surface area contributed by atoms with Gasteiger partial charge in [-0.3, -0.25) is 0 Å². The predicted octanol–water partition coefficient (Wildman–Crippen LogP) is 0.0240. The average molecular weight is 306 g/mol. The van der Waals surface area contributed by atoms with Crippen LogP contribution in [-0.4, -0.2) is 51.8 Å². The van der Waals surface area contributed by atoms with Crippen LogP contribution in [0.4, 0.5) is 0 Å². The highest BCUT2D eigenvalue weighted by Crippen LogP contribution is 2.22. The first-order chi connectivity index (χ1) is 8.80. The number of hydrogen-bond acceptors (Lipinski definition) is 9. The van der Waals surface area contributed by atoms with Gasteiger partial charge in [-0.05, 0) is 0 Å². The Morgan fingerprint density at radius 2 is 0.889 bits per heavy atom. The van der Waals surface area contributed by atoms with Crippen LogP contribution in [0.3, 0.4) is 0 Å². The van der Waals surface area contributed by atoms with Crippen molar-refractivity contribution in [1.82, 2.24) is 15.0 Å². The molecule has 1 heterocycles. The summed E-state index contributed by atoms with van der Waals surface area (Å²) in [5.74, 6) is 2.39. The van der Waals surface area contributed by atoms with Gasteiger partial charge in [-0.15, -0.1) is 0 Å². The summed E-state index contributed by atoms with van der Waals surface area (Å²) in [5, 5.41) is 2.15. The van der Waals surface area contributed by atoms with Gasteiger partial charge in [0.15, 0.2) is 15.5 Å². The fourth-order valence-electron chi connectivity index (χ4n) is 0.965. The molecule has 0 aliphatic carbocycles. The highest BCUT2D eigenvalue weighted by atomic mass is 32.2. The number of nitrogens with zero attached hydrogens (tertiary/aromatic N) is 3. The second-order valence-electron chi connectivity index (χ2n) is 3.09. The maximum atomic E-state index is 5.48. The lowest BCUT2D eigenvalue weighted by Gasteiger charge is -2.05. The van der Waals surface area contributed by atoms with Gasteiger partial charge < -0.3 is 17.2 Å². The highest BCUT2D eigenvalue weighted by molar-refractivity contribution is 8.00. The largest absolute Gasteiger partial charge is 0.330 e. The van der Waals surface area contributed by atoms with E-state index in [2.05, 4.69) is 15.0 Å². The third-order valence-corrected chi connectivity index (χ3v) is 4.26. The second kappa shape index (κ2) is 9.82. The van der Waals surface area contributed by atoms with Gasteiger partial charge >= 0.3 is 0 Å². The number of aromatic nitrogens is 3. The summed E-state index contributed by atoms with van der Waals surface area (Å²) in [6.07, 6.45) is 0. The van der Waals surface area contributed by atoms with E-state index >= 15 is 0 Å². The molecule has 0 unspecified atom stereocenters. The van der Waals surface area contributed by atoms with E-state index in [1.165, 1.54) is 35.3 Å². The monoisotopic (exact) mass is 306 g/mol. The van der Waals surface area contributed by atoms with Gasteiger partial charge in [0.2, 0.25) is 0 Å². The minimum Gasteiger partial charge on any atom is -0.330 e. The Balaban J connectivity index is 2.74. The molecule has 9 heteroatoms. The van der Waals surface area contributed by atoms with Gasteiger partial charge in [0.1, 0.15) is 0 Å². The van der Waals surface area contributed by atoms with Crippen LogP contribution in [0.25, 0.3) is 0 Å². The third kappa shape index (κ3) is 6.21. The average Bonchev–Trinajstić information content (AvgIpc) is 2.40. The van der Waals surface area contributed by atoms with Crippen molar-refractivity contribution in [3.63, 3.8) is 0 Å². The molecule has 0 atom stereocenters. The van der Waals surface area contributed by atoms with Gasteiger partial charge in [0, 0.05) is 36.9 Å². The normalized spacial score (nSPS) is 10.8. The molecule has 0 radical (unpaired) electrons. The summed E-state index contributed by atoms with van der Waals surface area (Å²) in [7, 11) is 0. The third-order valence-electron chi connectivity index (χ3n) is 1.62. The number of hydrogen-bond donors (Lipinski definition) is 3. The summed E-state index contributed by atoms with van der Waals surface area (Å²) in [6, 6.07) is 0. The number of rotatable bonds is 9. The van der Waals surface area contributed by atoms with Crippen molar-refractivity contribution >= 4 is 35.3 Å². The van der Waals surface area contributed by atoms with Crippen molar-refractivity contribution in [2.75, 3.05) is 36.9 Å². The van der Waals surface area contributed by atoms with Crippen molar-refractivity contribution in [2.24, 2.45) is 17.2 Å². The summed E-state index contributed by atoms with van der Waals surface area (Å²) in [5.41, 5.74) is 16.4. The van der Waals surface area contributed by atoms with Gasteiger partial charge in [0.05, 0.1) is 0 Å². The fraction of sp³-hybridized carbons (Fsp3) is 0.667. The topological polar surface area (TPSA) is 117 Å². The van der Waals surface area contributed by atoms with E-state index in [0.717, 1.165) is 32.7 Å². The van der Waals surface area contributed by atoms with E-state index < -0.39 is 0 Å². The molecule has 0 aliphatic heterocycles. The van der Waals surface area contributed by atoms with Crippen molar-refractivity contribution in [2.45, 2.75) is 15.5 Å². The van der Waals surface area contributed by atoms with Crippen LogP contribution in [0.1, 0.15) is 0 Å². The lowest BCUT2D eigenvalue weighted by molar-refractivity contribution is 0.717. The molecule has 1 aromatic rings. The maximum absolute atomic E-state index is 5.48. The zero-order valence-electron chi connectivity index (χ0n) is 10.0. The van der Waals surface area contributed by atoms with Crippen LogP contribution in [0.5, 0.6) is 0 Å². The van der Waals surface area contributed by atoms with Crippen LogP contribution in [0, 0.1) is 0 Å². The molecule has 0 amide bonds. The van der Waals surface area contributed by atoms with E-state index in [1.54, 1.807) is 0 Å². The van der Waals surface area contributed by atoms with Gasteiger partial charge in [-0.1, -0.05) is 35.3 Å². The lowest BCUT2D eigenvalue weighted by Crippen LogP contribution is -2.06. The second-order valence-corrected chi connectivity index (χ2v) is 6.28. The van der Waals surface area contributed by atoms with E-state index in [1.807, 2.05) is 0 Å². The Kier molecular flexibility index (Phi) is 8.72. The van der Waals surface area contributed by atoms with Crippen molar-refractivity contribution in [1.29, 1.82) is 0 Å². The van der Waals surface area contributed by atoms with Crippen LogP contribution >= 0.6 is 35.3 Å². The molecule has 102 valence electrons. The Bertz CT molecular complexity index is 286. The first kappa shape index (κ1) is 16.0. The van der Waals surface area contributed by atoms with Crippen LogP contribution in [-0.2, 0) is 0 Å². The number of thioether (sulfide) groups is 3. The van der Waals surface area contributed by atoms with Crippen molar-refractivity contribution in [3.05, 3.63) is 0 Å². The SMILES string of the molecule is NCCSc1nc(SCCN)nc(SCCN)n1. The zero-order valence-corrected chi connectivity index (χ0v) is 12.5. The summed E-state index contributed by atoms with van der Waals surface area (Å²) < 4.78 is 0. The molecule has 6 nitrogen and oxygen atoms in total. The molecule has 18 heavy (non-hydrogen) atoms. The molecule has 0 saturated carbocycles. The van der Waals surface area contributed by atoms with Crippen molar-refractivity contribution < 1.29 is 0 Å². The molecule has 6 N–H and O–H groups in total. The molecular formula is C9H18N6S3. The molecule has 0 aliphatic rings. The van der Waals surface area contributed by atoms with Gasteiger partial charge in [-0.25, -0.2) is 0 Å². The van der Waals surface area contributed by atoms with E-state index in [9.17, 15) is 0 Å². The van der Waals surface area contributed by atoms with E-state index in [4.69, 9.17) is 17.2 Å². The highest BCUT2D eigenvalue weighted by Gasteiger charge is 2.07. The van der Waals surface area contributed by atoms with Crippen LogP contribution < -0.4 is 17.2 Å². The first-order valence-electron chi connectivity index (χ1n) is 5.54. The summed E-state index contributed by atoms with van der Waals surface area (Å²) in [4.78, 5) is 13.1. The molecule has 0 saturated heterocycles. The molecule has 1 rings (SSSR count). The first-order valence-corrected chi connectivity index (χ1v) is 8.50. The lowest BCUT2D eigenvalue weighted by atomic mass is 10.8. The Labute approximate surface area is 120 Å². The molecular weight excluding hydrogens is 288 g/mol.